The minimum absolute atomic E-state index is 0.638. The molecule has 0 aliphatic carbocycles. The Morgan fingerprint density at radius 1 is 0.812 bits per heavy atom. The fourth-order valence-electron chi connectivity index (χ4n) is 4.89. The topological polar surface area (TPSA) is 39.2 Å². The first-order valence-corrected chi connectivity index (χ1v) is 11.4. The minimum atomic E-state index is -1.24. The van der Waals surface area contributed by atoms with Gasteiger partial charge in [0.25, 0.3) is 0 Å². The van der Waals surface area contributed by atoms with E-state index in [2.05, 4.69) is 40.9 Å². The van der Waals surface area contributed by atoms with E-state index in [1.54, 1.807) is 0 Å². The van der Waals surface area contributed by atoms with Gasteiger partial charge in [-0.25, -0.2) is 0 Å². The van der Waals surface area contributed by atoms with Gasteiger partial charge >= 0.3 is 0 Å². The number of rotatable bonds is 5. The Bertz CT molecular complexity index is 1080. The molecular formula is C27H31N3O2. The first-order valence-electron chi connectivity index (χ1n) is 11.4. The summed E-state index contributed by atoms with van der Waals surface area (Å²) in [4.78, 5) is 6.96. The maximum atomic E-state index is 12.2. The van der Waals surface area contributed by atoms with E-state index in [4.69, 9.17) is 4.74 Å². The lowest BCUT2D eigenvalue weighted by molar-refractivity contribution is 0.123. The molecule has 1 N–H and O–H groups in total. The Labute approximate surface area is 190 Å². The highest BCUT2D eigenvalue weighted by Gasteiger charge is 2.42. The van der Waals surface area contributed by atoms with E-state index in [-0.39, 0.29) is 0 Å². The second kappa shape index (κ2) is 8.58. The zero-order chi connectivity index (χ0) is 22.1. The molecule has 2 aliphatic heterocycles. The van der Waals surface area contributed by atoms with Gasteiger partial charge in [0.15, 0.2) is 0 Å². The Morgan fingerprint density at radius 3 is 2.28 bits per heavy atom. The molecule has 5 heteroatoms. The summed E-state index contributed by atoms with van der Waals surface area (Å²) < 4.78 is 6.17. The molecule has 1 saturated heterocycles. The van der Waals surface area contributed by atoms with Gasteiger partial charge < -0.3 is 19.6 Å². The molecule has 3 aromatic carbocycles. The highest BCUT2D eigenvalue weighted by atomic mass is 16.5. The third-order valence-electron chi connectivity index (χ3n) is 6.84. The summed E-state index contributed by atoms with van der Waals surface area (Å²) in [5.74, 6) is 0.792. The molecule has 2 aliphatic rings. The Kier molecular flexibility index (Phi) is 5.64. The van der Waals surface area contributed by atoms with Gasteiger partial charge in [0, 0.05) is 62.3 Å². The van der Waals surface area contributed by atoms with Gasteiger partial charge in [-0.05, 0) is 36.9 Å². The number of likely N-dealkylation sites (N-methyl/N-ethyl adjacent to an activating group) is 1. The van der Waals surface area contributed by atoms with Crippen LogP contribution in [0.1, 0.15) is 16.7 Å². The van der Waals surface area contributed by atoms with Gasteiger partial charge in [-0.3, -0.25) is 4.90 Å². The number of ether oxygens (including phenoxy) is 1. The molecule has 166 valence electrons. The highest BCUT2D eigenvalue weighted by molar-refractivity contribution is 5.79. The predicted molar refractivity (Wildman–Crippen MR) is 129 cm³/mol. The third kappa shape index (κ3) is 3.66. The second-order valence-electron chi connectivity index (χ2n) is 8.82. The van der Waals surface area contributed by atoms with Crippen LogP contribution in [0.4, 0.5) is 11.4 Å². The summed E-state index contributed by atoms with van der Waals surface area (Å²) in [7, 11) is 4.22. The molecule has 1 fully saturated rings. The molecule has 0 spiro atoms. The molecule has 0 saturated carbocycles. The fraction of sp³-hybridized carbons (Fsp3) is 0.333. The number of anilines is 2. The van der Waals surface area contributed by atoms with Crippen molar-refractivity contribution in [3.8, 4) is 5.75 Å². The van der Waals surface area contributed by atoms with Crippen molar-refractivity contribution in [2.75, 3.05) is 58.3 Å². The summed E-state index contributed by atoms with van der Waals surface area (Å²) in [6.45, 7) is 5.93. The van der Waals surface area contributed by atoms with Crippen molar-refractivity contribution in [3.05, 3.63) is 89.5 Å². The van der Waals surface area contributed by atoms with Gasteiger partial charge in [-0.15, -0.1) is 0 Å². The minimum Gasteiger partial charge on any atom is -0.492 e. The fourth-order valence-corrected chi connectivity index (χ4v) is 4.89. The molecule has 0 aromatic heterocycles. The molecule has 32 heavy (non-hydrogen) atoms. The first kappa shape index (κ1) is 21.0. The molecule has 5 rings (SSSR count). The normalized spacial score (nSPS) is 21.2. The molecular weight excluding hydrogens is 398 g/mol. The lowest BCUT2D eigenvalue weighted by Gasteiger charge is -2.41. The summed E-state index contributed by atoms with van der Waals surface area (Å²) >= 11 is 0. The zero-order valence-corrected chi connectivity index (χ0v) is 18.9. The number of hydrogen-bond donors (Lipinski definition) is 1. The maximum absolute atomic E-state index is 12.2. The van der Waals surface area contributed by atoms with Crippen LogP contribution in [0.25, 0.3) is 0 Å². The lowest BCUT2D eigenvalue weighted by atomic mass is 9.76. The first-order chi connectivity index (χ1) is 15.6. The number of piperazine rings is 1. The number of hydrogen-bond acceptors (Lipinski definition) is 5. The summed E-state index contributed by atoms with van der Waals surface area (Å²) in [5, 5.41) is 12.2. The standard InChI is InChI=1S/C27H31N3O2/c1-28-14-16-30(17-15-28)18-19-32-22-12-13-26-24(20-22)27(31,21-8-4-3-5-9-21)23-10-6-7-11-25(23)29(26)2/h3-13,20,31H,14-19H2,1-2H3. The summed E-state index contributed by atoms with van der Waals surface area (Å²) in [6, 6.07) is 24.1. The van der Waals surface area contributed by atoms with Gasteiger partial charge in [0.05, 0.1) is 0 Å². The Hall–Kier alpha value is -2.86. The van der Waals surface area contributed by atoms with Gasteiger partial charge in [-0.1, -0.05) is 48.5 Å². The largest absolute Gasteiger partial charge is 0.492 e. The SMILES string of the molecule is CN1CCN(CCOc2ccc3c(c2)C(O)(c2ccccc2)c2ccccc2N3C)CC1. The molecule has 0 amide bonds. The summed E-state index contributed by atoms with van der Waals surface area (Å²) in [6.07, 6.45) is 0. The average molecular weight is 430 g/mol. The molecule has 3 aromatic rings. The van der Waals surface area contributed by atoms with Gasteiger partial charge in [0.1, 0.15) is 18.0 Å². The van der Waals surface area contributed by atoms with Crippen molar-refractivity contribution in [2.45, 2.75) is 5.60 Å². The molecule has 1 atom stereocenters. The van der Waals surface area contributed by atoms with Gasteiger partial charge in [0.2, 0.25) is 0 Å². The number of nitrogens with zero attached hydrogens (tertiary/aromatic N) is 3. The quantitative estimate of drug-likeness (QED) is 0.670. The van der Waals surface area contributed by atoms with Crippen LogP contribution in [0.15, 0.2) is 72.8 Å². The van der Waals surface area contributed by atoms with Crippen molar-refractivity contribution in [2.24, 2.45) is 0 Å². The van der Waals surface area contributed by atoms with Crippen LogP contribution in [0.3, 0.4) is 0 Å². The lowest BCUT2D eigenvalue weighted by Crippen LogP contribution is -2.45. The van der Waals surface area contributed by atoms with E-state index >= 15 is 0 Å². The van der Waals surface area contributed by atoms with Crippen LogP contribution < -0.4 is 9.64 Å². The van der Waals surface area contributed by atoms with Crippen molar-refractivity contribution in [1.29, 1.82) is 0 Å². The smallest absolute Gasteiger partial charge is 0.144 e. The summed E-state index contributed by atoms with van der Waals surface area (Å²) in [5.41, 5.74) is 3.35. The zero-order valence-electron chi connectivity index (χ0n) is 18.9. The monoisotopic (exact) mass is 429 g/mol. The maximum Gasteiger partial charge on any atom is 0.144 e. The van der Waals surface area contributed by atoms with E-state index in [0.29, 0.717) is 6.61 Å². The van der Waals surface area contributed by atoms with E-state index in [9.17, 15) is 5.11 Å². The Morgan fingerprint density at radius 2 is 1.50 bits per heavy atom. The second-order valence-corrected chi connectivity index (χ2v) is 8.82. The van der Waals surface area contributed by atoms with E-state index in [1.807, 2.05) is 60.7 Å². The average Bonchev–Trinajstić information content (AvgIpc) is 2.84. The number of benzene rings is 3. The number of para-hydroxylation sites is 1. The van der Waals surface area contributed by atoms with E-state index < -0.39 is 5.60 Å². The predicted octanol–water partition coefficient (Wildman–Crippen LogP) is 3.68. The van der Waals surface area contributed by atoms with Crippen molar-refractivity contribution in [1.82, 2.24) is 9.80 Å². The van der Waals surface area contributed by atoms with Crippen LogP contribution in [-0.4, -0.2) is 68.3 Å². The van der Waals surface area contributed by atoms with Crippen molar-refractivity contribution < 1.29 is 9.84 Å². The molecule has 1 unspecified atom stereocenters. The van der Waals surface area contributed by atoms with Crippen LogP contribution in [-0.2, 0) is 5.60 Å². The number of aliphatic hydroxyl groups is 1. The van der Waals surface area contributed by atoms with Gasteiger partial charge in [-0.2, -0.15) is 0 Å². The van der Waals surface area contributed by atoms with Crippen LogP contribution in [0.5, 0.6) is 5.75 Å². The van der Waals surface area contributed by atoms with E-state index in [1.165, 1.54) is 0 Å². The Balaban J connectivity index is 1.46. The van der Waals surface area contributed by atoms with E-state index in [0.717, 1.165) is 66.5 Å². The molecule has 0 bridgehead atoms. The third-order valence-corrected chi connectivity index (χ3v) is 6.84. The van der Waals surface area contributed by atoms with Crippen LogP contribution >= 0.6 is 0 Å². The molecule has 0 radical (unpaired) electrons. The number of fused-ring (bicyclic) bond motifs is 2. The molecule has 5 nitrogen and oxygen atoms in total. The van der Waals surface area contributed by atoms with Crippen molar-refractivity contribution >= 4 is 11.4 Å². The van der Waals surface area contributed by atoms with Crippen LogP contribution in [0.2, 0.25) is 0 Å². The molecule has 2 heterocycles. The van der Waals surface area contributed by atoms with Crippen LogP contribution in [0, 0.1) is 0 Å². The van der Waals surface area contributed by atoms with Crippen molar-refractivity contribution in [3.63, 3.8) is 0 Å². The highest BCUT2D eigenvalue weighted by Crippen LogP contribution is 2.51.